The summed E-state index contributed by atoms with van der Waals surface area (Å²) in [6, 6.07) is 0. The van der Waals surface area contributed by atoms with Crippen LogP contribution in [0.1, 0.15) is 89.5 Å². The first-order valence-electron chi connectivity index (χ1n) is 10.5. The van der Waals surface area contributed by atoms with Crippen molar-refractivity contribution < 1.29 is 23.1 Å². The molecular weight excluding hydrogens is 385 g/mol. The quantitative estimate of drug-likeness (QED) is 0.211. The lowest BCUT2D eigenvalue weighted by Gasteiger charge is -2.56. The summed E-state index contributed by atoms with van der Waals surface area (Å²) in [6.07, 6.45) is 1.89. The summed E-state index contributed by atoms with van der Waals surface area (Å²) in [6.45, 7) is 21.3. The smallest absolute Gasteiger partial charge is 0.323 e. The third-order valence-electron chi connectivity index (χ3n) is 8.12. The molecule has 6 heteroatoms. The number of ether oxygens (including phenoxy) is 1. The van der Waals surface area contributed by atoms with Crippen LogP contribution in [0, 0.1) is 27.1 Å². The molecule has 0 N–H and O–H groups in total. The third kappa shape index (κ3) is 3.88. The van der Waals surface area contributed by atoms with Crippen LogP contribution in [0.25, 0.3) is 0 Å². The maximum atomic E-state index is 16.0. The number of hydrogen-bond acceptors (Lipinski definition) is 3. The Hall–Kier alpha value is -1.20. The summed E-state index contributed by atoms with van der Waals surface area (Å²) in [4.78, 5) is 24.3. The van der Waals surface area contributed by atoms with Crippen molar-refractivity contribution in [1.29, 1.82) is 0 Å². The molecule has 2 radical (unpaired) electrons. The first-order chi connectivity index (χ1) is 12.9. The fourth-order valence-electron chi connectivity index (χ4n) is 4.73. The van der Waals surface area contributed by atoms with E-state index in [2.05, 4.69) is 25.5 Å². The van der Waals surface area contributed by atoms with E-state index in [0.717, 1.165) is 12.5 Å². The van der Waals surface area contributed by atoms with Crippen LogP contribution in [0.4, 0.5) is 8.78 Å². The van der Waals surface area contributed by atoms with Crippen molar-refractivity contribution in [3.05, 3.63) is 11.6 Å². The minimum Gasteiger partial charge on any atom is -0.393 e. The van der Waals surface area contributed by atoms with E-state index in [1.54, 1.807) is 13.8 Å². The number of halogens is 2. The van der Waals surface area contributed by atoms with Crippen molar-refractivity contribution in [2.45, 2.75) is 101 Å². The molecule has 3 nitrogen and oxygen atoms in total. The van der Waals surface area contributed by atoms with Gasteiger partial charge in [-0.05, 0) is 42.1 Å². The number of alkyl halides is 2. The monoisotopic (exact) mass is 424 g/mol. The summed E-state index contributed by atoms with van der Waals surface area (Å²) in [5.74, 6) is -5.08. The second kappa shape index (κ2) is 7.16. The topological polar surface area (TPSA) is 43.4 Å². The molecule has 1 heterocycles. The average molecular weight is 424 g/mol. The van der Waals surface area contributed by atoms with Gasteiger partial charge in [0.1, 0.15) is 0 Å². The lowest BCUT2D eigenvalue weighted by molar-refractivity contribution is -0.173. The molecule has 1 saturated heterocycles. The van der Waals surface area contributed by atoms with Crippen molar-refractivity contribution in [3.63, 3.8) is 0 Å². The number of rotatable bonds is 6. The minimum atomic E-state index is -3.27. The van der Waals surface area contributed by atoms with Crippen LogP contribution in [-0.4, -0.2) is 25.7 Å². The Labute approximate surface area is 182 Å². The molecule has 0 spiro atoms. The SMILES string of the molecule is [B][C@@]1(C)C(=O)OC(=O)[C@@]1(C)/C=C(\C)C(F)(F)C(C)(C)C(C)(C)C(C)(C)CC(C)(C)C. The van der Waals surface area contributed by atoms with Gasteiger partial charge in [-0.25, -0.2) is 8.78 Å². The largest absolute Gasteiger partial charge is 0.393 e. The molecule has 1 fully saturated rings. The van der Waals surface area contributed by atoms with Gasteiger partial charge in [0.05, 0.1) is 13.3 Å². The molecule has 0 saturated carbocycles. The molecule has 0 unspecified atom stereocenters. The van der Waals surface area contributed by atoms with E-state index >= 15 is 8.78 Å². The Morgan fingerprint density at radius 2 is 1.37 bits per heavy atom. The zero-order valence-corrected chi connectivity index (χ0v) is 20.8. The predicted molar refractivity (Wildman–Crippen MR) is 117 cm³/mol. The highest BCUT2D eigenvalue weighted by molar-refractivity contribution is 6.33. The van der Waals surface area contributed by atoms with E-state index in [0.29, 0.717) is 0 Å². The average Bonchev–Trinajstić information content (AvgIpc) is 2.64. The summed E-state index contributed by atoms with van der Waals surface area (Å²) in [5.41, 5.74) is -4.66. The van der Waals surface area contributed by atoms with E-state index < -0.39 is 44.8 Å². The van der Waals surface area contributed by atoms with Gasteiger partial charge in [-0.2, -0.15) is 0 Å². The highest BCUT2D eigenvalue weighted by Gasteiger charge is 2.63. The highest BCUT2D eigenvalue weighted by atomic mass is 19.3. The minimum absolute atomic E-state index is 0.0279. The van der Waals surface area contributed by atoms with E-state index in [-0.39, 0.29) is 11.0 Å². The first kappa shape index (κ1) is 26.8. The van der Waals surface area contributed by atoms with Crippen molar-refractivity contribution in [2.24, 2.45) is 27.1 Å². The molecule has 0 aliphatic carbocycles. The number of hydrogen-bond donors (Lipinski definition) is 0. The lowest BCUT2D eigenvalue weighted by atomic mass is 9.49. The van der Waals surface area contributed by atoms with Gasteiger partial charge in [-0.3, -0.25) is 9.59 Å². The van der Waals surface area contributed by atoms with Crippen LogP contribution in [0.5, 0.6) is 0 Å². The molecule has 170 valence electrons. The fourth-order valence-corrected chi connectivity index (χ4v) is 4.73. The molecule has 0 aromatic heterocycles. The number of cyclic esters (lactones) is 2. The number of esters is 2. The van der Waals surface area contributed by atoms with Gasteiger partial charge in [0.15, 0.2) is 0 Å². The third-order valence-corrected chi connectivity index (χ3v) is 8.12. The summed E-state index contributed by atoms with van der Waals surface area (Å²) >= 11 is 0. The second-order valence-corrected chi connectivity index (χ2v) is 12.4. The summed E-state index contributed by atoms with van der Waals surface area (Å²) < 4.78 is 36.7. The van der Waals surface area contributed by atoms with Crippen molar-refractivity contribution in [1.82, 2.24) is 0 Å². The van der Waals surface area contributed by atoms with Crippen molar-refractivity contribution >= 4 is 19.8 Å². The molecule has 1 rings (SSSR count). The van der Waals surface area contributed by atoms with Gasteiger partial charge in [0.25, 0.3) is 5.92 Å². The first-order valence-corrected chi connectivity index (χ1v) is 10.5. The molecule has 0 aromatic carbocycles. The van der Waals surface area contributed by atoms with Crippen LogP contribution in [0.3, 0.4) is 0 Å². The number of allylic oxidation sites excluding steroid dienone is 1. The van der Waals surface area contributed by atoms with Crippen LogP contribution >= 0.6 is 0 Å². The maximum Gasteiger partial charge on any atom is 0.323 e. The normalized spacial score (nSPS) is 27.5. The van der Waals surface area contributed by atoms with E-state index in [4.69, 9.17) is 7.85 Å². The lowest BCUT2D eigenvalue weighted by Crippen LogP contribution is -2.55. The van der Waals surface area contributed by atoms with E-state index in [1.807, 2.05) is 27.7 Å². The van der Waals surface area contributed by atoms with Gasteiger partial charge in [-0.15, -0.1) is 0 Å². The second-order valence-electron chi connectivity index (χ2n) is 12.4. The van der Waals surface area contributed by atoms with Crippen molar-refractivity contribution in [2.75, 3.05) is 0 Å². The molecule has 0 amide bonds. The van der Waals surface area contributed by atoms with Crippen molar-refractivity contribution in [3.8, 4) is 0 Å². The predicted octanol–water partition coefficient (Wildman–Crippen LogP) is 6.52. The van der Waals surface area contributed by atoms with Gasteiger partial charge < -0.3 is 4.74 Å². The molecule has 1 aliphatic rings. The van der Waals surface area contributed by atoms with Crippen LogP contribution < -0.4 is 0 Å². The summed E-state index contributed by atoms with van der Waals surface area (Å²) in [5, 5.41) is -1.72. The van der Waals surface area contributed by atoms with Gasteiger partial charge >= 0.3 is 11.9 Å². The molecule has 0 bridgehead atoms. The van der Waals surface area contributed by atoms with Crippen LogP contribution in [0.15, 0.2) is 11.6 Å². The van der Waals surface area contributed by atoms with Gasteiger partial charge in [0.2, 0.25) is 0 Å². The van der Waals surface area contributed by atoms with Crippen LogP contribution in [0.2, 0.25) is 5.31 Å². The Balaban J connectivity index is 3.52. The molecule has 30 heavy (non-hydrogen) atoms. The summed E-state index contributed by atoms with van der Waals surface area (Å²) in [7, 11) is 6.03. The number of carbonyl (C=O) groups excluding carboxylic acids is 2. The molecular formula is C24H39BF2O3. The standard InChI is InChI=1S/C24H39BF2O3/c1-15(13-22(11)16(28)30-17(29)23(22,12)25)24(26,27)21(9,10)20(7,8)19(5,6)14-18(2,3)4/h13H,14H2,1-12H3/b15-13+/t22-,23+/m1/s1. The Morgan fingerprint density at radius 1 is 0.933 bits per heavy atom. The van der Waals surface area contributed by atoms with E-state index in [9.17, 15) is 9.59 Å². The highest BCUT2D eigenvalue weighted by Crippen LogP contribution is 2.62. The number of carbonyl (C=O) groups is 2. The molecule has 1 aliphatic heterocycles. The van der Waals surface area contributed by atoms with Gasteiger partial charge in [-0.1, -0.05) is 75.3 Å². The molecule has 2 atom stereocenters. The maximum absolute atomic E-state index is 16.0. The Morgan fingerprint density at radius 3 is 1.70 bits per heavy atom. The fraction of sp³-hybridized carbons (Fsp3) is 0.833. The van der Waals surface area contributed by atoms with Gasteiger partial charge in [0, 0.05) is 10.7 Å². The van der Waals surface area contributed by atoms with E-state index in [1.165, 1.54) is 20.8 Å². The Bertz CT molecular complexity index is 755. The molecule has 0 aromatic rings. The zero-order chi connectivity index (χ0) is 24.4. The zero-order valence-electron chi connectivity index (χ0n) is 20.8. The van der Waals surface area contributed by atoms with Crippen LogP contribution in [-0.2, 0) is 14.3 Å². The Kier molecular flexibility index (Phi) is 6.41.